The summed E-state index contributed by atoms with van der Waals surface area (Å²) in [4.78, 5) is 19.1. The van der Waals surface area contributed by atoms with Gasteiger partial charge in [0.25, 0.3) is 0 Å². The molecule has 0 saturated carbocycles. The molecular formula is C16H17ClN2O2S. The highest BCUT2D eigenvalue weighted by Crippen LogP contribution is 2.36. The van der Waals surface area contributed by atoms with Crippen LogP contribution in [0.5, 0.6) is 0 Å². The average molecular weight is 337 g/mol. The van der Waals surface area contributed by atoms with Gasteiger partial charge in [0.1, 0.15) is 0 Å². The van der Waals surface area contributed by atoms with Gasteiger partial charge in [-0.1, -0.05) is 17.7 Å². The Morgan fingerprint density at radius 3 is 2.64 bits per heavy atom. The predicted molar refractivity (Wildman–Crippen MR) is 87.3 cm³/mol. The van der Waals surface area contributed by atoms with Crippen molar-refractivity contribution in [3.8, 4) is 0 Å². The van der Waals surface area contributed by atoms with E-state index in [9.17, 15) is 4.79 Å². The summed E-state index contributed by atoms with van der Waals surface area (Å²) < 4.78 is 0.761. The monoisotopic (exact) mass is 336 g/mol. The van der Waals surface area contributed by atoms with Crippen molar-refractivity contribution in [3.63, 3.8) is 0 Å². The Bertz CT molecular complexity index is 639. The van der Waals surface area contributed by atoms with Crippen molar-refractivity contribution in [1.82, 2.24) is 9.88 Å². The minimum absolute atomic E-state index is 0.0495. The number of hydrogen-bond donors (Lipinski definition) is 1. The molecule has 2 aromatic rings. The molecule has 1 N–H and O–H groups in total. The van der Waals surface area contributed by atoms with Gasteiger partial charge in [-0.25, -0.2) is 0 Å². The van der Waals surface area contributed by atoms with Gasteiger partial charge in [0.05, 0.1) is 22.0 Å². The van der Waals surface area contributed by atoms with Crippen molar-refractivity contribution in [2.45, 2.75) is 18.9 Å². The van der Waals surface area contributed by atoms with Crippen molar-refractivity contribution >= 4 is 28.9 Å². The quantitative estimate of drug-likeness (QED) is 0.925. The van der Waals surface area contributed by atoms with Crippen LogP contribution in [0.4, 0.5) is 0 Å². The van der Waals surface area contributed by atoms with Crippen LogP contribution in [0.2, 0.25) is 4.34 Å². The van der Waals surface area contributed by atoms with Gasteiger partial charge in [-0.2, -0.15) is 0 Å². The van der Waals surface area contributed by atoms with Crippen molar-refractivity contribution in [3.05, 3.63) is 51.4 Å². The van der Waals surface area contributed by atoms with E-state index in [0.29, 0.717) is 12.8 Å². The SMILES string of the molecule is O=C(O)C1CCN(C(c2ccccn2)c2ccc(Cl)s2)CC1. The number of nitrogens with zero attached hydrogens (tertiary/aromatic N) is 2. The zero-order valence-corrected chi connectivity index (χ0v) is 13.6. The third kappa shape index (κ3) is 3.32. The van der Waals surface area contributed by atoms with E-state index < -0.39 is 5.97 Å². The number of aromatic nitrogens is 1. The summed E-state index contributed by atoms with van der Waals surface area (Å²) in [5.41, 5.74) is 0.981. The molecule has 1 aliphatic rings. The number of carboxylic acid groups (broad SMARTS) is 1. The number of hydrogen-bond acceptors (Lipinski definition) is 4. The highest BCUT2D eigenvalue weighted by Gasteiger charge is 2.31. The summed E-state index contributed by atoms with van der Waals surface area (Å²) in [7, 11) is 0. The van der Waals surface area contributed by atoms with Crippen LogP contribution in [0.3, 0.4) is 0 Å². The Kier molecular flexibility index (Phi) is 4.76. The van der Waals surface area contributed by atoms with Gasteiger partial charge in [0.2, 0.25) is 0 Å². The molecule has 0 spiro atoms. The molecule has 1 unspecified atom stereocenters. The number of carbonyl (C=O) groups is 1. The first-order valence-corrected chi connectivity index (χ1v) is 8.47. The molecule has 1 atom stereocenters. The Balaban J connectivity index is 1.85. The molecule has 0 aromatic carbocycles. The number of halogens is 1. The molecule has 1 aliphatic heterocycles. The molecule has 0 radical (unpaired) electrons. The van der Waals surface area contributed by atoms with Gasteiger partial charge in [-0.15, -0.1) is 11.3 Å². The molecular weight excluding hydrogens is 320 g/mol. The van der Waals surface area contributed by atoms with Crippen LogP contribution >= 0.6 is 22.9 Å². The van der Waals surface area contributed by atoms with Crippen molar-refractivity contribution in [2.24, 2.45) is 5.92 Å². The molecule has 116 valence electrons. The molecule has 4 nitrogen and oxygen atoms in total. The lowest BCUT2D eigenvalue weighted by atomic mass is 9.95. The van der Waals surface area contributed by atoms with E-state index in [1.54, 1.807) is 17.5 Å². The second-order valence-corrected chi connectivity index (χ2v) is 7.19. The summed E-state index contributed by atoms with van der Waals surface area (Å²) >= 11 is 7.66. The first kappa shape index (κ1) is 15.5. The molecule has 0 amide bonds. The van der Waals surface area contributed by atoms with E-state index >= 15 is 0 Å². The topological polar surface area (TPSA) is 53.4 Å². The summed E-state index contributed by atoms with van der Waals surface area (Å²) in [5.74, 6) is -0.916. The van der Waals surface area contributed by atoms with Crippen LogP contribution in [-0.2, 0) is 4.79 Å². The maximum absolute atomic E-state index is 11.1. The Labute approximate surface area is 138 Å². The van der Waals surface area contributed by atoms with Crippen LogP contribution in [0, 0.1) is 5.92 Å². The Hall–Kier alpha value is -1.43. The first-order chi connectivity index (χ1) is 10.6. The average Bonchev–Trinajstić information content (AvgIpc) is 2.95. The molecule has 0 aliphatic carbocycles. The van der Waals surface area contributed by atoms with Crippen molar-refractivity contribution in [2.75, 3.05) is 13.1 Å². The van der Waals surface area contributed by atoms with Gasteiger partial charge in [0, 0.05) is 11.1 Å². The predicted octanol–water partition coefficient (Wildman–Crippen LogP) is 3.68. The van der Waals surface area contributed by atoms with Gasteiger partial charge in [0.15, 0.2) is 0 Å². The highest BCUT2D eigenvalue weighted by molar-refractivity contribution is 7.16. The van der Waals surface area contributed by atoms with Crippen LogP contribution in [-0.4, -0.2) is 34.0 Å². The highest BCUT2D eigenvalue weighted by atomic mass is 35.5. The Morgan fingerprint density at radius 2 is 2.09 bits per heavy atom. The van der Waals surface area contributed by atoms with Crippen LogP contribution in [0.1, 0.15) is 29.5 Å². The van der Waals surface area contributed by atoms with E-state index in [-0.39, 0.29) is 12.0 Å². The second-order valence-electron chi connectivity index (χ2n) is 5.45. The molecule has 1 saturated heterocycles. The fourth-order valence-electron chi connectivity index (χ4n) is 2.93. The summed E-state index contributed by atoms with van der Waals surface area (Å²) in [6.07, 6.45) is 3.15. The van der Waals surface area contributed by atoms with Crippen molar-refractivity contribution in [1.29, 1.82) is 0 Å². The van der Waals surface area contributed by atoms with Crippen LogP contribution < -0.4 is 0 Å². The molecule has 0 bridgehead atoms. The van der Waals surface area contributed by atoms with E-state index in [2.05, 4.69) is 9.88 Å². The number of thiophene rings is 1. The molecule has 3 heterocycles. The molecule has 1 fully saturated rings. The third-order valence-corrected chi connectivity index (χ3v) is 5.36. The Morgan fingerprint density at radius 1 is 1.32 bits per heavy atom. The fraction of sp³-hybridized carbons (Fsp3) is 0.375. The van der Waals surface area contributed by atoms with Gasteiger partial charge in [-0.05, 0) is 50.2 Å². The van der Waals surface area contributed by atoms with Gasteiger partial charge in [-0.3, -0.25) is 14.7 Å². The van der Waals surface area contributed by atoms with E-state index in [1.165, 1.54) is 0 Å². The van der Waals surface area contributed by atoms with Crippen molar-refractivity contribution < 1.29 is 9.90 Å². The van der Waals surface area contributed by atoms with E-state index in [0.717, 1.165) is 28.0 Å². The van der Waals surface area contributed by atoms with Gasteiger partial charge >= 0.3 is 5.97 Å². The largest absolute Gasteiger partial charge is 0.481 e. The van der Waals surface area contributed by atoms with Gasteiger partial charge < -0.3 is 5.11 Å². The molecule has 2 aromatic heterocycles. The molecule has 6 heteroatoms. The maximum atomic E-state index is 11.1. The lowest BCUT2D eigenvalue weighted by Crippen LogP contribution is -2.39. The number of carboxylic acids is 1. The standard InChI is InChI=1S/C16H17ClN2O2S/c17-14-5-4-13(22-14)15(12-3-1-2-8-18-12)19-9-6-11(7-10-19)16(20)21/h1-5,8,11,15H,6-7,9-10H2,(H,20,21). The third-order valence-electron chi connectivity index (χ3n) is 4.08. The number of aliphatic carboxylic acids is 1. The number of rotatable bonds is 4. The summed E-state index contributed by atoms with van der Waals surface area (Å²) in [6.45, 7) is 1.52. The number of likely N-dealkylation sites (tertiary alicyclic amines) is 1. The summed E-state index contributed by atoms with van der Waals surface area (Å²) in [6, 6.07) is 9.89. The first-order valence-electron chi connectivity index (χ1n) is 7.28. The second kappa shape index (κ2) is 6.77. The summed E-state index contributed by atoms with van der Waals surface area (Å²) in [5, 5.41) is 9.15. The minimum Gasteiger partial charge on any atom is -0.481 e. The van der Waals surface area contributed by atoms with Crippen LogP contribution in [0.25, 0.3) is 0 Å². The maximum Gasteiger partial charge on any atom is 0.306 e. The normalized spacial score (nSPS) is 18.2. The number of piperidine rings is 1. The fourth-order valence-corrected chi connectivity index (χ4v) is 4.14. The zero-order chi connectivity index (χ0) is 15.5. The lowest BCUT2D eigenvalue weighted by molar-refractivity contribution is -0.143. The van der Waals surface area contributed by atoms with E-state index in [1.807, 2.05) is 30.3 Å². The lowest BCUT2D eigenvalue weighted by Gasteiger charge is -2.35. The molecule has 22 heavy (non-hydrogen) atoms. The smallest absolute Gasteiger partial charge is 0.306 e. The zero-order valence-electron chi connectivity index (χ0n) is 12.0. The number of pyridine rings is 1. The van der Waals surface area contributed by atoms with E-state index in [4.69, 9.17) is 16.7 Å². The van der Waals surface area contributed by atoms with Crippen LogP contribution in [0.15, 0.2) is 36.5 Å². The minimum atomic E-state index is -0.687. The molecule has 3 rings (SSSR count).